The molecular weight excluding hydrogens is 190 g/mol. The second-order valence-electron chi connectivity index (χ2n) is 3.87. The van der Waals surface area contributed by atoms with Gasteiger partial charge in [-0.2, -0.15) is 0 Å². The van der Waals surface area contributed by atoms with Gasteiger partial charge >= 0.3 is 0 Å². The van der Waals surface area contributed by atoms with Crippen molar-refractivity contribution in [2.45, 2.75) is 33.1 Å². The van der Waals surface area contributed by atoms with Crippen molar-refractivity contribution in [3.63, 3.8) is 0 Å². The minimum Gasteiger partial charge on any atom is -0.356 e. The Hall–Kier alpha value is -1.12. The number of hydrogen-bond acceptors (Lipinski definition) is 2. The maximum Gasteiger partial charge on any atom is 0.224 e. The molecule has 0 aromatic rings. The van der Waals surface area contributed by atoms with Gasteiger partial charge in [-0.15, -0.1) is 0 Å². The van der Waals surface area contributed by atoms with Crippen LogP contribution in [0.25, 0.3) is 0 Å². The molecule has 0 aromatic carbocycles. The number of allylic oxidation sites excluding steroid dienone is 2. The summed E-state index contributed by atoms with van der Waals surface area (Å²) in [5.41, 5.74) is 0. The number of Topliss-reactive ketones (excluding diaryl/α,β-unsaturated/α-hetero) is 1. The van der Waals surface area contributed by atoms with E-state index in [9.17, 15) is 9.59 Å². The number of carbonyl (C=O) groups is 2. The highest BCUT2D eigenvalue weighted by molar-refractivity contribution is 5.89. The molecule has 3 heteroatoms. The molecule has 1 aliphatic rings. The maximum absolute atomic E-state index is 11.7. The van der Waals surface area contributed by atoms with Crippen LogP contribution in [0.3, 0.4) is 0 Å². The van der Waals surface area contributed by atoms with Gasteiger partial charge in [-0.25, -0.2) is 0 Å². The van der Waals surface area contributed by atoms with Gasteiger partial charge in [0.25, 0.3) is 0 Å². The van der Waals surface area contributed by atoms with Gasteiger partial charge < -0.3 is 5.32 Å². The zero-order chi connectivity index (χ0) is 11.3. The van der Waals surface area contributed by atoms with Crippen LogP contribution in [0.15, 0.2) is 12.2 Å². The van der Waals surface area contributed by atoms with Gasteiger partial charge in [-0.1, -0.05) is 19.1 Å². The molecule has 2 unspecified atom stereocenters. The van der Waals surface area contributed by atoms with Crippen LogP contribution in [0, 0.1) is 11.8 Å². The second kappa shape index (κ2) is 5.69. The SMILES string of the molecule is CCNC(=O)C1CC=CCC1C(=O)CC. The number of ketones is 1. The molecule has 0 aromatic heterocycles. The Morgan fingerprint density at radius 1 is 1.20 bits per heavy atom. The lowest BCUT2D eigenvalue weighted by Crippen LogP contribution is -2.38. The van der Waals surface area contributed by atoms with E-state index in [-0.39, 0.29) is 23.5 Å². The van der Waals surface area contributed by atoms with Crippen molar-refractivity contribution in [2.24, 2.45) is 11.8 Å². The first-order valence-electron chi connectivity index (χ1n) is 5.66. The molecule has 1 amide bonds. The maximum atomic E-state index is 11.7. The predicted molar refractivity (Wildman–Crippen MR) is 59.3 cm³/mol. The Balaban J connectivity index is 2.70. The fourth-order valence-electron chi connectivity index (χ4n) is 2.03. The molecule has 0 heterocycles. The zero-order valence-electron chi connectivity index (χ0n) is 9.45. The summed E-state index contributed by atoms with van der Waals surface area (Å²) >= 11 is 0. The van der Waals surface area contributed by atoms with E-state index in [0.29, 0.717) is 25.8 Å². The summed E-state index contributed by atoms with van der Waals surface area (Å²) in [6.45, 7) is 4.38. The third-order valence-electron chi connectivity index (χ3n) is 2.88. The number of nitrogens with one attached hydrogen (secondary N) is 1. The minimum atomic E-state index is -0.151. The molecule has 0 radical (unpaired) electrons. The summed E-state index contributed by atoms with van der Waals surface area (Å²) in [7, 11) is 0. The van der Waals surface area contributed by atoms with Crippen LogP contribution in [0.5, 0.6) is 0 Å². The smallest absolute Gasteiger partial charge is 0.224 e. The molecule has 1 rings (SSSR count). The Morgan fingerprint density at radius 3 is 2.33 bits per heavy atom. The summed E-state index contributed by atoms with van der Waals surface area (Å²) in [4.78, 5) is 23.4. The Kier molecular flexibility index (Phi) is 4.53. The van der Waals surface area contributed by atoms with Gasteiger partial charge in [-0.05, 0) is 19.8 Å². The molecule has 0 fully saturated rings. The molecule has 0 saturated carbocycles. The molecule has 0 spiro atoms. The first-order chi connectivity index (χ1) is 7.20. The number of hydrogen-bond donors (Lipinski definition) is 1. The standard InChI is InChI=1S/C12H19NO2/c1-3-11(14)9-7-5-6-8-10(9)12(15)13-4-2/h5-6,9-10H,3-4,7-8H2,1-2H3,(H,13,15). The van der Waals surface area contributed by atoms with Crippen molar-refractivity contribution in [3.8, 4) is 0 Å². The van der Waals surface area contributed by atoms with Crippen molar-refractivity contribution in [1.82, 2.24) is 5.32 Å². The molecule has 15 heavy (non-hydrogen) atoms. The topological polar surface area (TPSA) is 46.2 Å². The fraction of sp³-hybridized carbons (Fsp3) is 0.667. The molecule has 84 valence electrons. The summed E-state index contributed by atoms with van der Waals surface area (Å²) < 4.78 is 0. The number of amides is 1. The van der Waals surface area contributed by atoms with Gasteiger partial charge in [0.15, 0.2) is 0 Å². The molecule has 1 N–H and O–H groups in total. The molecular formula is C12H19NO2. The van der Waals surface area contributed by atoms with Gasteiger partial charge in [0.1, 0.15) is 5.78 Å². The summed E-state index contributed by atoms with van der Waals surface area (Å²) in [5, 5.41) is 2.80. The van der Waals surface area contributed by atoms with Crippen molar-refractivity contribution in [1.29, 1.82) is 0 Å². The summed E-state index contributed by atoms with van der Waals surface area (Å²) in [6.07, 6.45) is 5.94. The number of carbonyl (C=O) groups excluding carboxylic acids is 2. The molecule has 0 bridgehead atoms. The van der Waals surface area contributed by atoms with Gasteiger partial charge in [0.2, 0.25) is 5.91 Å². The van der Waals surface area contributed by atoms with E-state index in [1.54, 1.807) is 0 Å². The highest BCUT2D eigenvalue weighted by Gasteiger charge is 2.32. The Bertz CT molecular complexity index is 271. The Morgan fingerprint density at radius 2 is 1.80 bits per heavy atom. The van der Waals surface area contributed by atoms with E-state index in [4.69, 9.17) is 0 Å². The van der Waals surface area contributed by atoms with Crippen molar-refractivity contribution < 1.29 is 9.59 Å². The van der Waals surface area contributed by atoms with Crippen LogP contribution in [-0.2, 0) is 9.59 Å². The summed E-state index contributed by atoms with van der Waals surface area (Å²) in [5.74, 6) is -0.0294. The first kappa shape index (κ1) is 12.0. The van der Waals surface area contributed by atoms with Gasteiger partial charge in [0.05, 0.1) is 5.92 Å². The van der Waals surface area contributed by atoms with Crippen molar-refractivity contribution >= 4 is 11.7 Å². The molecule has 2 atom stereocenters. The lowest BCUT2D eigenvalue weighted by atomic mass is 9.79. The normalized spacial score (nSPS) is 24.9. The molecule has 0 saturated heterocycles. The van der Waals surface area contributed by atoms with E-state index in [0.717, 1.165) is 0 Å². The van der Waals surface area contributed by atoms with E-state index >= 15 is 0 Å². The fourth-order valence-corrected chi connectivity index (χ4v) is 2.03. The highest BCUT2D eigenvalue weighted by Crippen LogP contribution is 2.27. The minimum absolute atomic E-state index is 0.0219. The third-order valence-corrected chi connectivity index (χ3v) is 2.88. The molecule has 1 aliphatic carbocycles. The second-order valence-corrected chi connectivity index (χ2v) is 3.87. The highest BCUT2D eigenvalue weighted by atomic mass is 16.2. The van der Waals surface area contributed by atoms with Crippen LogP contribution in [-0.4, -0.2) is 18.2 Å². The largest absolute Gasteiger partial charge is 0.356 e. The predicted octanol–water partition coefficient (Wildman–Crippen LogP) is 1.68. The molecule has 0 aliphatic heterocycles. The Labute approximate surface area is 90.9 Å². The van der Waals surface area contributed by atoms with E-state index in [1.165, 1.54) is 0 Å². The van der Waals surface area contributed by atoms with Gasteiger partial charge in [-0.3, -0.25) is 9.59 Å². The lowest BCUT2D eigenvalue weighted by molar-refractivity contribution is -0.133. The van der Waals surface area contributed by atoms with Crippen LogP contribution < -0.4 is 5.32 Å². The van der Waals surface area contributed by atoms with Crippen molar-refractivity contribution in [2.75, 3.05) is 6.54 Å². The van der Waals surface area contributed by atoms with Crippen LogP contribution >= 0.6 is 0 Å². The zero-order valence-corrected chi connectivity index (χ0v) is 9.45. The van der Waals surface area contributed by atoms with Crippen LogP contribution in [0.4, 0.5) is 0 Å². The average molecular weight is 209 g/mol. The monoisotopic (exact) mass is 209 g/mol. The van der Waals surface area contributed by atoms with E-state index < -0.39 is 0 Å². The van der Waals surface area contributed by atoms with E-state index in [2.05, 4.69) is 5.32 Å². The van der Waals surface area contributed by atoms with Gasteiger partial charge in [0, 0.05) is 18.9 Å². The number of rotatable bonds is 4. The van der Waals surface area contributed by atoms with Crippen LogP contribution in [0.1, 0.15) is 33.1 Å². The van der Waals surface area contributed by atoms with Crippen molar-refractivity contribution in [3.05, 3.63) is 12.2 Å². The first-order valence-corrected chi connectivity index (χ1v) is 5.66. The average Bonchev–Trinajstić information content (AvgIpc) is 2.28. The third kappa shape index (κ3) is 2.91. The molecule has 3 nitrogen and oxygen atoms in total. The lowest BCUT2D eigenvalue weighted by Gasteiger charge is -2.25. The van der Waals surface area contributed by atoms with E-state index in [1.807, 2.05) is 26.0 Å². The quantitative estimate of drug-likeness (QED) is 0.716. The van der Waals surface area contributed by atoms with Crippen LogP contribution in [0.2, 0.25) is 0 Å². The summed E-state index contributed by atoms with van der Waals surface area (Å²) in [6, 6.07) is 0.